The van der Waals surface area contributed by atoms with Gasteiger partial charge in [-0.15, -0.1) is 11.3 Å². The quantitative estimate of drug-likeness (QED) is 0.554. The van der Waals surface area contributed by atoms with Crippen LogP contribution < -0.4 is 0 Å². The zero-order valence-electron chi connectivity index (χ0n) is 15.1. The van der Waals surface area contributed by atoms with Crippen LogP contribution in [0.15, 0.2) is 40.6 Å². The van der Waals surface area contributed by atoms with Crippen LogP contribution in [0.2, 0.25) is 4.34 Å². The molecule has 1 aromatic carbocycles. The Bertz CT molecular complexity index is 1130. The van der Waals surface area contributed by atoms with E-state index in [1.807, 2.05) is 0 Å². The number of para-hydroxylation sites is 2. The van der Waals surface area contributed by atoms with Gasteiger partial charge in [-0.2, -0.15) is 17.5 Å². The monoisotopic (exact) mass is 463 g/mol. The number of alkyl halides is 3. The lowest BCUT2D eigenvalue weighted by atomic mass is 9.98. The van der Waals surface area contributed by atoms with Crippen molar-refractivity contribution >= 4 is 44.0 Å². The van der Waals surface area contributed by atoms with Crippen molar-refractivity contribution in [3.05, 3.63) is 46.6 Å². The minimum Gasteiger partial charge on any atom is -0.320 e. The average molecular weight is 464 g/mol. The molecule has 1 saturated heterocycles. The summed E-state index contributed by atoms with van der Waals surface area (Å²) >= 11 is 6.84. The molecular formula is C18H17ClF3N3O2S2. The smallest absolute Gasteiger partial charge is 0.320 e. The summed E-state index contributed by atoms with van der Waals surface area (Å²) in [5.41, 5.74) is 0.734. The predicted octanol–water partition coefficient (Wildman–Crippen LogP) is 4.87. The van der Waals surface area contributed by atoms with E-state index in [0.717, 1.165) is 11.3 Å². The normalized spacial score (nSPS) is 17.2. The van der Waals surface area contributed by atoms with Crippen molar-refractivity contribution in [2.24, 2.45) is 5.92 Å². The van der Waals surface area contributed by atoms with E-state index in [2.05, 4.69) is 4.98 Å². The summed E-state index contributed by atoms with van der Waals surface area (Å²) in [6, 6.07) is 9.53. The Balaban J connectivity index is 1.52. The molecule has 0 N–H and O–H groups in total. The van der Waals surface area contributed by atoms with Gasteiger partial charge < -0.3 is 4.57 Å². The number of hydrogen-bond acceptors (Lipinski definition) is 4. The lowest BCUT2D eigenvalue weighted by Crippen LogP contribution is -2.39. The first-order valence-electron chi connectivity index (χ1n) is 8.94. The number of hydrogen-bond donors (Lipinski definition) is 0. The summed E-state index contributed by atoms with van der Waals surface area (Å²) in [5, 5.41) is 0. The highest BCUT2D eigenvalue weighted by Gasteiger charge is 2.38. The molecule has 3 aromatic rings. The summed E-state index contributed by atoms with van der Waals surface area (Å²) in [6.07, 6.45) is -3.61. The summed E-state index contributed by atoms with van der Waals surface area (Å²) in [4.78, 5) is 3.77. The summed E-state index contributed by atoms with van der Waals surface area (Å²) in [5.74, 6) is -0.992. The minimum absolute atomic E-state index is 0.0768. The number of piperidine rings is 1. The number of fused-ring (bicyclic) bond motifs is 1. The van der Waals surface area contributed by atoms with Gasteiger partial charge in [-0.3, -0.25) is 0 Å². The van der Waals surface area contributed by atoms with Gasteiger partial charge in [-0.1, -0.05) is 23.7 Å². The largest absolute Gasteiger partial charge is 0.449 e. The topological polar surface area (TPSA) is 55.2 Å². The van der Waals surface area contributed by atoms with Crippen molar-refractivity contribution in [1.29, 1.82) is 0 Å². The number of nitrogens with zero attached hydrogens (tertiary/aromatic N) is 3. The number of halogens is 4. The molecule has 4 rings (SSSR count). The molecule has 11 heteroatoms. The number of aromatic nitrogens is 2. The van der Waals surface area contributed by atoms with Crippen LogP contribution in [0.5, 0.6) is 0 Å². The fraction of sp³-hybridized carbons (Fsp3) is 0.389. The molecule has 0 aliphatic carbocycles. The highest BCUT2D eigenvalue weighted by molar-refractivity contribution is 7.91. The fourth-order valence-corrected chi connectivity index (χ4v) is 6.74. The number of sulfonamides is 1. The standard InChI is InChI=1S/C18H17ClF3N3O2S2/c19-15-5-6-16(28-15)29(26,27)24-9-7-12(8-10-24)11-25-14-4-2-1-3-13(14)23-17(25)18(20,21)22/h1-6,12H,7-11H2. The van der Waals surface area contributed by atoms with E-state index in [1.165, 1.54) is 21.0 Å². The SMILES string of the molecule is O=S(=O)(c1ccc(Cl)s1)N1CCC(Cn2c(C(F)(F)F)nc3ccccc32)CC1. The van der Waals surface area contributed by atoms with E-state index in [-0.39, 0.29) is 29.8 Å². The molecule has 0 spiro atoms. The van der Waals surface area contributed by atoms with Crippen LogP contribution in [0.1, 0.15) is 18.7 Å². The Labute approximate surface area is 174 Å². The number of imidazole rings is 1. The summed E-state index contributed by atoms with van der Waals surface area (Å²) in [6.45, 7) is 0.668. The zero-order chi connectivity index (χ0) is 20.8. The lowest BCUT2D eigenvalue weighted by molar-refractivity contribution is -0.147. The van der Waals surface area contributed by atoms with E-state index in [0.29, 0.717) is 28.2 Å². The van der Waals surface area contributed by atoms with Gasteiger partial charge in [-0.05, 0) is 43.0 Å². The first-order chi connectivity index (χ1) is 13.7. The first kappa shape index (κ1) is 20.6. The molecule has 1 fully saturated rings. The lowest BCUT2D eigenvalue weighted by Gasteiger charge is -2.31. The van der Waals surface area contributed by atoms with E-state index < -0.39 is 22.0 Å². The Kier molecular flexibility index (Phi) is 5.39. The Morgan fingerprint density at radius 2 is 1.83 bits per heavy atom. The van der Waals surface area contributed by atoms with Gasteiger partial charge in [0.2, 0.25) is 5.82 Å². The molecule has 29 heavy (non-hydrogen) atoms. The van der Waals surface area contributed by atoms with Gasteiger partial charge in [0.05, 0.1) is 15.4 Å². The van der Waals surface area contributed by atoms with Gasteiger partial charge in [0.1, 0.15) is 4.21 Å². The third-order valence-corrected chi connectivity index (χ3v) is 8.66. The molecular weight excluding hydrogens is 447 g/mol. The maximum absolute atomic E-state index is 13.5. The van der Waals surface area contributed by atoms with Crippen LogP contribution in [0, 0.1) is 5.92 Å². The van der Waals surface area contributed by atoms with Crippen molar-refractivity contribution in [2.45, 2.75) is 29.8 Å². The third kappa shape index (κ3) is 4.03. The van der Waals surface area contributed by atoms with E-state index in [1.54, 1.807) is 24.3 Å². The van der Waals surface area contributed by atoms with E-state index in [4.69, 9.17) is 11.6 Å². The van der Waals surface area contributed by atoms with E-state index in [9.17, 15) is 21.6 Å². The molecule has 3 heterocycles. The highest BCUT2D eigenvalue weighted by Crippen LogP contribution is 2.34. The second-order valence-corrected chi connectivity index (χ2v) is 10.8. The summed E-state index contributed by atoms with van der Waals surface area (Å²) < 4.78 is 69.0. The maximum atomic E-state index is 13.5. The number of rotatable bonds is 4. The van der Waals surface area contributed by atoms with Crippen molar-refractivity contribution in [2.75, 3.05) is 13.1 Å². The van der Waals surface area contributed by atoms with Crippen LogP contribution >= 0.6 is 22.9 Å². The van der Waals surface area contributed by atoms with Gasteiger partial charge in [0, 0.05) is 19.6 Å². The van der Waals surface area contributed by atoms with Crippen LogP contribution in [0.25, 0.3) is 11.0 Å². The third-order valence-electron chi connectivity index (χ3n) is 5.07. The van der Waals surface area contributed by atoms with Gasteiger partial charge >= 0.3 is 6.18 Å². The van der Waals surface area contributed by atoms with Gasteiger partial charge in [0.25, 0.3) is 10.0 Å². The Morgan fingerprint density at radius 3 is 2.45 bits per heavy atom. The number of benzene rings is 1. The molecule has 0 saturated carbocycles. The van der Waals surface area contributed by atoms with Crippen molar-refractivity contribution in [3.63, 3.8) is 0 Å². The van der Waals surface area contributed by atoms with Crippen LogP contribution in [-0.2, 0) is 22.7 Å². The van der Waals surface area contributed by atoms with Gasteiger partial charge in [-0.25, -0.2) is 13.4 Å². The second-order valence-electron chi connectivity index (χ2n) is 6.94. The summed E-state index contributed by atoms with van der Waals surface area (Å²) in [7, 11) is -3.62. The van der Waals surface area contributed by atoms with Crippen molar-refractivity contribution in [3.8, 4) is 0 Å². The first-order valence-corrected chi connectivity index (χ1v) is 11.6. The zero-order valence-corrected chi connectivity index (χ0v) is 17.5. The van der Waals surface area contributed by atoms with Crippen molar-refractivity contribution < 1.29 is 21.6 Å². The van der Waals surface area contributed by atoms with Crippen LogP contribution in [0.4, 0.5) is 13.2 Å². The minimum atomic E-state index is -4.55. The fourth-order valence-electron chi connectivity index (χ4n) is 3.63. The molecule has 5 nitrogen and oxygen atoms in total. The molecule has 0 bridgehead atoms. The van der Waals surface area contributed by atoms with Crippen LogP contribution in [-0.4, -0.2) is 35.4 Å². The predicted molar refractivity (Wildman–Crippen MR) is 106 cm³/mol. The molecule has 0 radical (unpaired) electrons. The number of thiophene rings is 1. The highest BCUT2D eigenvalue weighted by atomic mass is 35.5. The van der Waals surface area contributed by atoms with Crippen LogP contribution in [0.3, 0.4) is 0 Å². The molecule has 0 amide bonds. The Hall–Kier alpha value is -1.62. The maximum Gasteiger partial charge on any atom is 0.449 e. The molecule has 0 unspecified atom stereocenters. The Morgan fingerprint density at radius 1 is 1.14 bits per heavy atom. The second kappa shape index (κ2) is 7.57. The molecule has 1 aliphatic rings. The molecule has 2 aromatic heterocycles. The molecule has 1 aliphatic heterocycles. The molecule has 156 valence electrons. The molecule has 0 atom stereocenters. The van der Waals surface area contributed by atoms with Crippen molar-refractivity contribution in [1.82, 2.24) is 13.9 Å². The van der Waals surface area contributed by atoms with Gasteiger partial charge in [0.15, 0.2) is 0 Å². The van der Waals surface area contributed by atoms with E-state index >= 15 is 0 Å². The average Bonchev–Trinajstić information content (AvgIpc) is 3.27.